The monoisotopic (exact) mass is 551 g/mol. The fraction of sp³-hybridized carbons (Fsp3) is 0.480. The Bertz CT molecular complexity index is 1250. The van der Waals surface area contributed by atoms with Gasteiger partial charge in [0.2, 0.25) is 26.0 Å². The molecule has 2 aliphatic heterocycles. The molecule has 0 aromatic heterocycles. The standard InChI is InChI=1S/C25H33N3O5S3/c1-34-22-8-12-24(13-9-22)36(32,33)28-18-14-20(15-19-28)25(29)26-21-6-10-23(11-7-21)35(30,31)27-16-4-2-3-5-17-27/h6-13,20H,2-5,14-19H2,1H3,(H,26,29). The third kappa shape index (κ3) is 6.13. The molecule has 4 rings (SSSR count). The van der Waals surface area contributed by atoms with E-state index in [0.717, 1.165) is 30.6 Å². The molecule has 11 heteroatoms. The van der Waals surface area contributed by atoms with Gasteiger partial charge in [0, 0.05) is 42.7 Å². The molecule has 2 saturated heterocycles. The summed E-state index contributed by atoms with van der Waals surface area (Å²) in [5.41, 5.74) is 0.527. The number of benzene rings is 2. The molecule has 2 heterocycles. The third-order valence-corrected chi connectivity index (χ3v) is 11.4. The van der Waals surface area contributed by atoms with E-state index in [4.69, 9.17) is 0 Å². The van der Waals surface area contributed by atoms with Crippen LogP contribution in [0.3, 0.4) is 0 Å². The summed E-state index contributed by atoms with van der Waals surface area (Å²) < 4.78 is 54.8. The lowest BCUT2D eigenvalue weighted by Gasteiger charge is -2.30. The Morgan fingerprint density at radius 2 is 1.22 bits per heavy atom. The fourth-order valence-electron chi connectivity index (χ4n) is 4.64. The van der Waals surface area contributed by atoms with Crippen molar-refractivity contribution in [2.24, 2.45) is 5.92 Å². The third-order valence-electron chi connectivity index (χ3n) is 6.85. The van der Waals surface area contributed by atoms with Crippen molar-refractivity contribution in [3.63, 3.8) is 0 Å². The van der Waals surface area contributed by atoms with Gasteiger partial charge in [-0.3, -0.25) is 4.79 Å². The molecular weight excluding hydrogens is 518 g/mol. The molecule has 0 aliphatic carbocycles. The van der Waals surface area contributed by atoms with Crippen LogP contribution in [0.1, 0.15) is 38.5 Å². The Morgan fingerprint density at radius 1 is 0.750 bits per heavy atom. The molecule has 2 fully saturated rings. The van der Waals surface area contributed by atoms with Crippen molar-refractivity contribution in [1.82, 2.24) is 8.61 Å². The number of rotatable bonds is 7. The van der Waals surface area contributed by atoms with Gasteiger partial charge in [-0.1, -0.05) is 12.8 Å². The zero-order valence-corrected chi connectivity index (χ0v) is 22.9. The first-order valence-corrected chi connectivity index (χ1v) is 16.4. The van der Waals surface area contributed by atoms with Crippen LogP contribution in [-0.2, 0) is 24.8 Å². The molecule has 2 aliphatic rings. The summed E-state index contributed by atoms with van der Waals surface area (Å²) in [5, 5.41) is 2.86. The quantitative estimate of drug-likeness (QED) is 0.522. The second-order valence-corrected chi connectivity index (χ2v) is 13.9. The molecule has 8 nitrogen and oxygen atoms in total. The molecule has 0 saturated carbocycles. The second kappa shape index (κ2) is 11.6. The van der Waals surface area contributed by atoms with Gasteiger partial charge in [0.25, 0.3) is 0 Å². The van der Waals surface area contributed by atoms with Crippen molar-refractivity contribution in [2.75, 3.05) is 37.8 Å². The molecule has 2 aromatic carbocycles. The van der Waals surface area contributed by atoms with E-state index in [1.807, 2.05) is 6.26 Å². The van der Waals surface area contributed by atoms with Crippen molar-refractivity contribution in [3.05, 3.63) is 48.5 Å². The maximum Gasteiger partial charge on any atom is 0.243 e. The van der Waals surface area contributed by atoms with E-state index < -0.39 is 20.0 Å². The minimum atomic E-state index is -3.59. The summed E-state index contributed by atoms with van der Waals surface area (Å²) in [6.45, 7) is 1.63. The first-order valence-electron chi connectivity index (χ1n) is 12.3. The molecule has 1 amide bonds. The topological polar surface area (TPSA) is 104 Å². The number of hydrogen-bond acceptors (Lipinski definition) is 6. The number of thioether (sulfide) groups is 1. The number of piperidine rings is 1. The van der Waals surface area contributed by atoms with Crippen molar-refractivity contribution in [2.45, 2.75) is 53.2 Å². The van der Waals surface area contributed by atoms with Gasteiger partial charge in [0.15, 0.2) is 0 Å². The number of carbonyl (C=O) groups excluding carboxylic acids is 1. The van der Waals surface area contributed by atoms with Gasteiger partial charge in [0.1, 0.15) is 0 Å². The van der Waals surface area contributed by atoms with Crippen LogP contribution in [0.25, 0.3) is 0 Å². The molecule has 0 spiro atoms. The highest BCUT2D eigenvalue weighted by molar-refractivity contribution is 7.98. The van der Waals surface area contributed by atoms with Gasteiger partial charge in [-0.25, -0.2) is 16.8 Å². The fourth-order valence-corrected chi connectivity index (χ4v) is 8.04. The van der Waals surface area contributed by atoms with Gasteiger partial charge in [-0.2, -0.15) is 8.61 Å². The van der Waals surface area contributed by atoms with Crippen molar-refractivity contribution < 1.29 is 21.6 Å². The van der Waals surface area contributed by atoms with Crippen molar-refractivity contribution in [1.29, 1.82) is 0 Å². The van der Waals surface area contributed by atoms with Gasteiger partial charge in [-0.05, 0) is 80.5 Å². The predicted octanol–water partition coefficient (Wildman–Crippen LogP) is 4.01. The SMILES string of the molecule is CSc1ccc(S(=O)(=O)N2CCC(C(=O)Nc3ccc(S(=O)(=O)N4CCCCCC4)cc3)CC2)cc1. The Balaban J connectivity index is 1.33. The molecule has 0 atom stereocenters. The highest BCUT2D eigenvalue weighted by atomic mass is 32.2. The Hall–Kier alpha value is -1.92. The molecular formula is C25H33N3O5S3. The first kappa shape index (κ1) is 27.1. The van der Waals surface area contributed by atoms with Gasteiger partial charge in [-0.15, -0.1) is 11.8 Å². The Labute approximate surface area is 218 Å². The van der Waals surface area contributed by atoms with E-state index in [0.29, 0.717) is 31.6 Å². The van der Waals surface area contributed by atoms with Crippen LogP contribution >= 0.6 is 11.8 Å². The number of nitrogens with zero attached hydrogens (tertiary/aromatic N) is 2. The normalized spacial score (nSPS) is 19.0. The molecule has 0 radical (unpaired) electrons. The number of anilines is 1. The van der Waals surface area contributed by atoms with E-state index >= 15 is 0 Å². The number of sulfonamides is 2. The zero-order chi connectivity index (χ0) is 25.8. The average molecular weight is 552 g/mol. The summed E-state index contributed by atoms with van der Waals surface area (Å²) >= 11 is 1.55. The zero-order valence-electron chi connectivity index (χ0n) is 20.4. The molecule has 2 aromatic rings. The number of amides is 1. The van der Waals surface area contributed by atoms with Crippen molar-refractivity contribution >= 4 is 43.4 Å². The maximum absolute atomic E-state index is 13.0. The van der Waals surface area contributed by atoms with Crippen molar-refractivity contribution in [3.8, 4) is 0 Å². The highest BCUT2D eigenvalue weighted by Gasteiger charge is 2.32. The minimum absolute atomic E-state index is 0.181. The molecule has 1 N–H and O–H groups in total. The largest absolute Gasteiger partial charge is 0.326 e. The first-order chi connectivity index (χ1) is 17.2. The van der Waals surface area contributed by atoms with Crippen LogP contribution in [0, 0.1) is 5.92 Å². The minimum Gasteiger partial charge on any atom is -0.326 e. The summed E-state index contributed by atoms with van der Waals surface area (Å²) in [5.74, 6) is -0.490. The smallest absolute Gasteiger partial charge is 0.243 e. The number of nitrogens with one attached hydrogen (secondary N) is 1. The lowest BCUT2D eigenvalue weighted by atomic mass is 9.97. The Morgan fingerprint density at radius 3 is 1.72 bits per heavy atom. The van der Waals surface area contributed by atoms with E-state index in [1.165, 1.54) is 16.4 Å². The lowest BCUT2D eigenvalue weighted by molar-refractivity contribution is -0.120. The summed E-state index contributed by atoms with van der Waals surface area (Å²) in [4.78, 5) is 14.3. The average Bonchev–Trinajstić information content (AvgIpc) is 3.19. The maximum atomic E-state index is 13.0. The van der Waals surface area contributed by atoms with E-state index in [1.54, 1.807) is 52.5 Å². The number of carbonyl (C=O) groups is 1. The predicted molar refractivity (Wildman–Crippen MR) is 142 cm³/mol. The van der Waals surface area contributed by atoms with Gasteiger partial charge < -0.3 is 5.32 Å². The Kier molecular flexibility index (Phi) is 8.77. The van der Waals surface area contributed by atoms with E-state index in [-0.39, 0.29) is 34.7 Å². The van der Waals surface area contributed by atoms with Gasteiger partial charge >= 0.3 is 0 Å². The van der Waals surface area contributed by atoms with Crippen LogP contribution in [0.5, 0.6) is 0 Å². The van der Waals surface area contributed by atoms with Crippen LogP contribution in [0.15, 0.2) is 63.2 Å². The van der Waals surface area contributed by atoms with E-state index in [2.05, 4.69) is 5.32 Å². The van der Waals surface area contributed by atoms with Crippen LogP contribution in [0.2, 0.25) is 0 Å². The highest BCUT2D eigenvalue weighted by Crippen LogP contribution is 2.27. The summed E-state index contributed by atoms with van der Waals surface area (Å²) in [6.07, 6.45) is 6.63. The molecule has 0 unspecified atom stereocenters. The lowest BCUT2D eigenvalue weighted by Crippen LogP contribution is -2.41. The van der Waals surface area contributed by atoms with Crippen LogP contribution < -0.4 is 5.32 Å². The van der Waals surface area contributed by atoms with Crippen LogP contribution in [0.4, 0.5) is 5.69 Å². The summed E-state index contributed by atoms with van der Waals surface area (Å²) in [6, 6.07) is 13.1. The van der Waals surface area contributed by atoms with E-state index in [9.17, 15) is 21.6 Å². The molecule has 0 bridgehead atoms. The van der Waals surface area contributed by atoms with Gasteiger partial charge in [0.05, 0.1) is 9.79 Å². The number of hydrogen-bond donors (Lipinski definition) is 1. The molecule has 36 heavy (non-hydrogen) atoms. The second-order valence-electron chi connectivity index (χ2n) is 9.19. The summed E-state index contributed by atoms with van der Waals surface area (Å²) in [7, 11) is -7.14. The molecule has 196 valence electrons. The van der Waals surface area contributed by atoms with Crippen LogP contribution in [-0.4, -0.2) is 63.8 Å².